The maximum absolute atomic E-state index is 3.01. The number of benzene rings is 13. The third-order valence-electron chi connectivity index (χ3n) is 17.7. The Balaban J connectivity index is 1.13. The number of anilines is 6. The normalized spacial score (nSPS) is 11.7. The first-order chi connectivity index (χ1) is 42.8. The lowest BCUT2D eigenvalue weighted by Crippen LogP contribution is -2.74. The van der Waals surface area contributed by atoms with Crippen molar-refractivity contribution in [3.8, 4) is 5.69 Å². The molecule has 5 heteroatoms. The van der Waals surface area contributed by atoms with Crippen LogP contribution in [0.5, 0.6) is 0 Å². The van der Waals surface area contributed by atoms with E-state index in [2.05, 4.69) is 376 Å². The standard InChI is InChI=1S/C82H67N3Si2/c1-60-35-43-64(44-36-60)83(65-45-37-61(2)38-46-65)68-55-69(84(66-47-39-62(3)40-48-66)67-49-41-63(4)42-50-67)57-70(56-68)85-81-53-51-77(86(71-23-11-5-12-24-71,72-25-13-6-14-26-72)73-27-15-7-16-28-73)58-79(81)80-59-78(52-54-82(80)85)87(74-29-17-8-18-30-74,75-31-19-9-20-32-75)76-33-21-10-22-34-76/h5-59H,1-4H3. The van der Waals surface area contributed by atoms with Gasteiger partial charge in [0.2, 0.25) is 0 Å². The Labute approximate surface area is 514 Å². The summed E-state index contributed by atoms with van der Waals surface area (Å²) in [7, 11) is -6.02. The second-order valence-electron chi connectivity index (χ2n) is 23.2. The number of aryl methyl sites for hydroxylation is 4. The van der Waals surface area contributed by atoms with Gasteiger partial charge in [-0.25, -0.2) is 0 Å². The lowest BCUT2D eigenvalue weighted by Gasteiger charge is -2.34. The van der Waals surface area contributed by atoms with E-state index in [1.807, 2.05) is 0 Å². The van der Waals surface area contributed by atoms with Crippen LogP contribution in [0.3, 0.4) is 0 Å². The van der Waals surface area contributed by atoms with Gasteiger partial charge in [-0.3, -0.25) is 0 Å². The van der Waals surface area contributed by atoms with Crippen LogP contribution < -0.4 is 51.3 Å². The Bertz CT molecular complexity index is 4090. The number of nitrogens with zero attached hydrogens (tertiary/aromatic N) is 3. The zero-order chi connectivity index (χ0) is 58.9. The van der Waals surface area contributed by atoms with Crippen LogP contribution in [0.2, 0.25) is 0 Å². The van der Waals surface area contributed by atoms with E-state index >= 15 is 0 Å². The van der Waals surface area contributed by atoms with Gasteiger partial charge in [-0.2, -0.15) is 0 Å². The highest BCUT2D eigenvalue weighted by Crippen LogP contribution is 2.44. The Morgan fingerprint density at radius 1 is 0.218 bits per heavy atom. The molecule has 0 bridgehead atoms. The summed E-state index contributed by atoms with van der Waals surface area (Å²) in [4.78, 5) is 4.86. The van der Waals surface area contributed by atoms with Gasteiger partial charge in [0.25, 0.3) is 0 Å². The minimum absolute atomic E-state index is 1.04. The SMILES string of the molecule is Cc1ccc(N(c2ccc(C)cc2)c2cc(N(c3ccc(C)cc3)c3ccc(C)cc3)cc(-n3c4ccc([Si](c5ccccc5)(c5ccccc5)c5ccccc5)cc4c4cc([Si](c5ccccc5)(c5ccccc5)c5ccccc5)ccc43)c2)cc1. The van der Waals surface area contributed by atoms with Crippen LogP contribution >= 0.6 is 0 Å². The van der Waals surface area contributed by atoms with Crippen molar-refractivity contribution in [2.24, 2.45) is 0 Å². The molecule has 87 heavy (non-hydrogen) atoms. The second kappa shape index (κ2) is 23.3. The van der Waals surface area contributed by atoms with Crippen molar-refractivity contribution in [2.45, 2.75) is 27.7 Å². The molecule has 0 N–H and O–H groups in total. The maximum Gasteiger partial charge on any atom is 0.179 e. The molecule has 13 aromatic carbocycles. The molecule has 0 saturated heterocycles. The molecule has 0 saturated carbocycles. The van der Waals surface area contributed by atoms with Crippen LogP contribution in [0.1, 0.15) is 22.3 Å². The van der Waals surface area contributed by atoms with E-state index in [0.717, 1.165) is 50.8 Å². The van der Waals surface area contributed by atoms with Gasteiger partial charge in [-0.05, 0) is 148 Å². The molecule has 0 fully saturated rings. The summed E-state index contributed by atoms with van der Waals surface area (Å²) < 4.78 is 2.56. The van der Waals surface area contributed by atoms with E-state index in [-0.39, 0.29) is 0 Å². The molecule has 0 unspecified atom stereocenters. The first-order valence-corrected chi connectivity index (χ1v) is 34.2. The Morgan fingerprint density at radius 2 is 0.460 bits per heavy atom. The van der Waals surface area contributed by atoms with Crippen molar-refractivity contribution in [3.63, 3.8) is 0 Å². The predicted octanol–water partition coefficient (Wildman–Crippen LogP) is 15.7. The molecule has 0 aliphatic heterocycles. The van der Waals surface area contributed by atoms with E-state index in [0.29, 0.717) is 0 Å². The van der Waals surface area contributed by atoms with Gasteiger partial charge in [0, 0.05) is 33.5 Å². The van der Waals surface area contributed by atoms with Gasteiger partial charge in [-0.1, -0.05) is 277 Å². The van der Waals surface area contributed by atoms with Gasteiger partial charge >= 0.3 is 0 Å². The van der Waals surface area contributed by atoms with Crippen molar-refractivity contribution in [1.82, 2.24) is 4.57 Å². The quantitative estimate of drug-likeness (QED) is 0.0749. The van der Waals surface area contributed by atoms with Gasteiger partial charge in [-0.15, -0.1) is 0 Å². The van der Waals surface area contributed by atoms with Crippen molar-refractivity contribution in [1.29, 1.82) is 0 Å². The summed E-state index contributed by atoms with van der Waals surface area (Å²) in [6, 6.07) is 126. The Kier molecular flexibility index (Phi) is 14.6. The average molecular weight is 1150 g/mol. The number of fused-ring (bicyclic) bond motifs is 3. The van der Waals surface area contributed by atoms with E-state index in [9.17, 15) is 0 Å². The number of hydrogen-bond donors (Lipinski definition) is 0. The fraction of sp³-hybridized carbons (Fsp3) is 0.0488. The lowest BCUT2D eigenvalue weighted by atomic mass is 10.1. The number of rotatable bonds is 15. The van der Waals surface area contributed by atoms with E-state index < -0.39 is 16.1 Å². The second-order valence-corrected chi connectivity index (χ2v) is 30.8. The zero-order valence-electron chi connectivity index (χ0n) is 49.6. The number of hydrogen-bond acceptors (Lipinski definition) is 2. The summed E-state index contributed by atoms with van der Waals surface area (Å²) in [6.45, 7) is 8.65. The molecular formula is C82H67N3Si2. The molecule has 14 aromatic rings. The highest BCUT2D eigenvalue weighted by molar-refractivity contribution is 7.20. The monoisotopic (exact) mass is 1150 g/mol. The first kappa shape index (κ1) is 54.6. The van der Waals surface area contributed by atoms with Crippen molar-refractivity contribution < 1.29 is 0 Å². The van der Waals surface area contributed by atoms with Gasteiger partial charge in [0.15, 0.2) is 16.1 Å². The Morgan fingerprint density at radius 3 is 0.701 bits per heavy atom. The van der Waals surface area contributed by atoms with Crippen LogP contribution in [-0.2, 0) is 0 Å². The number of aromatic nitrogens is 1. The third kappa shape index (κ3) is 9.91. The van der Waals surface area contributed by atoms with Gasteiger partial charge < -0.3 is 14.4 Å². The van der Waals surface area contributed by atoms with E-state index in [4.69, 9.17) is 0 Å². The third-order valence-corrected chi connectivity index (χ3v) is 27.3. The van der Waals surface area contributed by atoms with Gasteiger partial charge in [0.05, 0.1) is 28.1 Å². The molecule has 0 amide bonds. The van der Waals surface area contributed by atoms with Crippen molar-refractivity contribution >= 4 is 114 Å². The zero-order valence-corrected chi connectivity index (χ0v) is 51.6. The summed E-state index contributed by atoms with van der Waals surface area (Å²) in [6.07, 6.45) is 0. The largest absolute Gasteiger partial charge is 0.310 e. The highest BCUT2D eigenvalue weighted by Gasteiger charge is 2.43. The molecule has 1 aromatic heterocycles. The van der Waals surface area contributed by atoms with Crippen LogP contribution in [0.4, 0.5) is 34.1 Å². The van der Waals surface area contributed by atoms with Gasteiger partial charge in [0.1, 0.15) is 0 Å². The fourth-order valence-corrected chi connectivity index (χ4v) is 23.1. The first-order valence-electron chi connectivity index (χ1n) is 30.2. The van der Waals surface area contributed by atoms with Crippen molar-refractivity contribution in [2.75, 3.05) is 9.80 Å². The highest BCUT2D eigenvalue weighted by atomic mass is 28.3. The fourth-order valence-electron chi connectivity index (χ4n) is 13.5. The molecule has 0 radical (unpaired) electrons. The minimum Gasteiger partial charge on any atom is -0.310 e. The summed E-state index contributed by atoms with van der Waals surface area (Å²) in [5.74, 6) is 0. The average Bonchev–Trinajstić information content (AvgIpc) is 1.75. The topological polar surface area (TPSA) is 11.4 Å². The Hall–Kier alpha value is -10.3. The molecular weight excluding hydrogens is 1080 g/mol. The molecule has 0 aliphatic rings. The molecule has 0 aliphatic carbocycles. The van der Waals surface area contributed by atoms with E-state index in [1.54, 1.807) is 0 Å². The summed E-state index contributed by atoms with van der Waals surface area (Å²) in [5.41, 5.74) is 14.5. The molecule has 0 atom stereocenters. The lowest BCUT2D eigenvalue weighted by molar-refractivity contribution is 1.16. The minimum atomic E-state index is -3.01. The summed E-state index contributed by atoms with van der Waals surface area (Å²) >= 11 is 0. The summed E-state index contributed by atoms with van der Waals surface area (Å²) in [5, 5.41) is 13.1. The van der Waals surface area contributed by atoms with E-state index in [1.165, 1.54) is 74.5 Å². The molecule has 418 valence electrons. The smallest absolute Gasteiger partial charge is 0.179 e. The molecule has 14 rings (SSSR count). The van der Waals surface area contributed by atoms with Crippen LogP contribution in [0.25, 0.3) is 27.5 Å². The molecule has 0 spiro atoms. The maximum atomic E-state index is 2.59. The predicted molar refractivity (Wildman–Crippen MR) is 376 cm³/mol. The molecule has 3 nitrogen and oxygen atoms in total. The van der Waals surface area contributed by atoms with Crippen molar-refractivity contribution in [3.05, 3.63) is 356 Å². The van der Waals surface area contributed by atoms with Crippen LogP contribution in [0, 0.1) is 27.7 Å². The molecule has 1 heterocycles. The van der Waals surface area contributed by atoms with Crippen LogP contribution in [0.15, 0.2) is 334 Å². The van der Waals surface area contributed by atoms with Crippen LogP contribution in [-0.4, -0.2) is 20.7 Å².